The van der Waals surface area contributed by atoms with E-state index in [-0.39, 0.29) is 5.91 Å². The number of hydrogen-bond donors (Lipinski definition) is 1. The molecule has 0 fully saturated rings. The molecule has 0 aliphatic rings. The minimum atomic E-state index is -0.282. The van der Waals surface area contributed by atoms with Crippen LogP contribution in [0.2, 0.25) is 0 Å². The van der Waals surface area contributed by atoms with Crippen LogP contribution >= 0.6 is 15.9 Å². The fourth-order valence-corrected chi connectivity index (χ4v) is 2.55. The van der Waals surface area contributed by atoms with Crippen molar-refractivity contribution in [3.8, 4) is 11.5 Å². The monoisotopic (exact) mass is 404 g/mol. The van der Waals surface area contributed by atoms with Gasteiger partial charge in [0.1, 0.15) is 0 Å². The van der Waals surface area contributed by atoms with Crippen molar-refractivity contribution in [2.75, 3.05) is 13.7 Å². The van der Waals surface area contributed by atoms with Gasteiger partial charge in [-0.15, -0.1) is 0 Å². The van der Waals surface area contributed by atoms with Crippen LogP contribution in [0, 0.1) is 0 Å². The number of benzene rings is 2. The molecule has 0 spiro atoms. The Morgan fingerprint density at radius 2 is 2.04 bits per heavy atom. The van der Waals surface area contributed by atoms with Crippen molar-refractivity contribution in [3.63, 3.8) is 0 Å². The number of methoxy groups -OCH3 is 1. The van der Waals surface area contributed by atoms with E-state index in [2.05, 4.69) is 33.4 Å². The molecule has 0 bridgehead atoms. The lowest BCUT2D eigenvalue weighted by Crippen LogP contribution is -2.18. The molecule has 132 valence electrons. The lowest BCUT2D eigenvalue weighted by Gasteiger charge is -2.10. The van der Waals surface area contributed by atoms with Crippen LogP contribution in [0.1, 0.15) is 35.7 Å². The van der Waals surface area contributed by atoms with E-state index in [1.54, 1.807) is 31.5 Å². The van der Waals surface area contributed by atoms with E-state index in [0.717, 1.165) is 22.9 Å². The zero-order valence-electron chi connectivity index (χ0n) is 14.3. The van der Waals surface area contributed by atoms with Gasteiger partial charge in [-0.2, -0.15) is 5.10 Å². The third-order valence-electron chi connectivity index (χ3n) is 3.44. The Balaban J connectivity index is 2.01. The highest BCUT2D eigenvalue weighted by Gasteiger charge is 2.08. The molecule has 1 N–H and O–H groups in total. The molecule has 0 atom stereocenters. The lowest BCUT2D eigenvalue weighted by atomic mass is 10.2. The summed E-state index contributed by atoms with van der Waals surface area (Å²) in [6.07, 6.45) is 3.63. The molecule has 0 aromatic heterocycles. The average molecular weight is 405 g/mol. The Bertz CT molecular complexity index is 747. The molecule has 6 heteroatoms. The van der Waals surface area contributed by atoms with Gasteiger partial charge >= 0.3 is 0 Å². The van der Waals surface area contributed by atoms with E-state index < -0.39 is 0 Å². The van der Waals surface area contributed by atoms with E-state index in [1.807, 2.05) is 24.3 Å². The molecule has 0 saturated heterocycles. The summed E-state index contributed by atoms with van der Waals surface area (Å²) in [7, 11) is 1.59. The quantitative estimate of drug-likeness (QED) is 0.402. The third kappa shape index (κ3) is 5.60. The summed E-state index contributed by atoms with van der Waals surface area (Å²) in [5.74, 6) is 1.05. The van der Waals surface area contributed by atoms with Crippen LogP contribution < -0.4 is 14.9 Å². The van der Waals surface area contributed by atoms with Crippen LogP contribution in [0.3, 0.4) is 0 Å². The van der Waals surface area contributed by atoms with Crippen molar-refractivity contribution >= 4 is 28.1 Å². The summed E-state index contributed by atoms with van der Waals surface area (Å²) < 4.78 is 11.8. The van der Waals surface area contributed by atoms with Crippen molar-refractivity contribution in [1.82, 2.24) is 5.43 Å². The Morgan fingerprint density at radius 1 is 1.24 bits per heavy atom. The highest BCUT2D eigenvalue weighted by molar-refractivity contribution is 9.10. The summed E-state index contributed by atoms with van der Waals surface area (Å²) in [5, 5.41) is 4.00. The van der Waals surface area contributed by atoms with Gasteiger partial charge < -0.3 is 9.47 Å². The SMILES string of the molecule is CCCCOc1ccc(/C=N\NC(=O)c2ccccc2Br)cc1OC. The Kier molecular flexibility index (Phi) is 7.47. The van der Waals surface area contributed by atoms with Gasteiger partial charge in [0.2, 0.25) is 0 Å². The van der Waals surface area contributed by atoms with Gasteiger partial charge in [0, 0.05) is 4.47 Å². The number of unbranched alkanes of at least 4 members (excludes halogenated alkanes) is 1. The highest BCUT2D eigenvalue weighted by atomic mass is 79.9. The van der Waals surface area contributed by atoms with E-state index in [0.29, 0.717) is 23.7 Å². The van der Waals surface area contributed by atoms with E-state index >= 15 is 0 Å². The number of nitrogens with one attached hydrogen (secondary N) is 1. The zero-order valence-corrected chi connectivity index (χ0v) is 15.9. The minimum Gasteiger partial charge on any atom is -0.493 e. The summed E-state index contributed by atoms with van der Waals surface area (Å²) in [4.78, 5) is 12.1. The largest absolute Gasteiger partial charge is 0.493 e. The maximum absolute atomic E-state index is 12.1. The number of hydrogen-bond acceptors (Lipinski definition) is 4. The van der Waals surface area contributed by atoms with Gasteiger partial charge in [0.15, 0.2) is 11.5 Å². The summed E-state index contributed by atoms with van der Waals surface area (Å²) in [6.45, 7) is 2.77. The molecule has 2 aromatic rings. The van der Waals surface area contributed by atoms with Crippen molar-refractivity contribution < 1.29 is 14.3 Å². The minimum absolute atomic E-state index is 0.282. The van der Waals surface area contributed by atoms with Gasteiger partial charge in [-0.3, -0.25) is 4.79 Å². The first-order chi connectivity index (χ1) is 12.2. The molecule has 1 amide bonds. The highest BCUT2D eigenvalue weighted by Crippen LogP contribution is 2.27. The number of amides is 1. The Labute approximate surface area is 156 Å². The molecule has 2 rings (SSSR count). The number of carbonyl (C=O) groups is 1. The predicted molar refractivity (Wildman–Crippen MR) is 103 cm³/mol. The maximum Gasteiger partial charge on any atom is 0.272 e. The first-order valence-electron chi connectivity index (χ1n) is 8.04. The maximum atomic E-state index is 12.1. The second kappa shape index (κ2) is 9.84. The number of carbonyl (C=O) groups excluding carboxylic acids is 1. The number of ether oxygens (including phenoxy) is 2. The first kappa shape index (κ1) is 19.0. The topological polar surface area (TPSA) is 59.9 Å². The fraction of sp³-hybridized carbons (Fsp3) is 0.263. The molecule has 25 heavy (non-hydrogen) atoms. The number of halogens is 1. The van der Waals surface area contributed by atoms with E-state index in [9.17, 15) is 4.79 Å². The molecule has 2 aromatic carbocycles. The van der Waals surface area contributed by atoms with Crippen LogP contribution in [0.5, 0.6) is 11.5 Å². The van der Waals surface area contributed by atoms with Crippen LogP contribution in [0.25, 0.3) is 0 Å². The molecular weight excluding hydrogens is 384 g/mol. The van der Waals surface area contributed by atoms with Crippen molar-refractivity contribution in [2.45, 2.75) is 19.8 Å². The fourth-order valence-electron chi connectivity index (χ4n) is 2.08. The molecular formula is C19H21BrN2O3. The van der Waals surface area contributed by atoms with E-state index in [1.165, 1.54) is 0 Å². The van der Waals surface area contributed by atoms with Crippen LogP contribution in [0.4, 0.5) is 0 Å². The smallest absolute Gasteiger partial charge is 0.272 e. The van der Waals surface area contributed by atoms with Crippen LogP contribution in [-0.2, 0) is 0 Å². The molecule has 0 aliphatic heterocycles. The normalized spacial score (nSPS) is 10.7. The van der Waals surface area contributed by atoms with Crippen molar-refractivity contribution in [3.05, 3.63) is 58.1 Å². The van der Waals surface area contributed by atoms with E-state index in [4.69, 9.17) is 9.47 Å². The van der Waals surface area contributed by atoms with Crippen LogP contribution in [-0.4, -0.2) is 25.8 Å². The number of nitrogens with zero attached hydrogens (tertiary/aromatic N) is 1. The predicted octanol–water partition coefficient (Wildman–Crippen LogP) is 4.40. The van der Waals surface area contributed by atoms with Crippen molar-refractivity contribution in [2.24, 2.45) is 5.10 Å². The molecule has 0 aliphatic carbocycles. The summed E-state index contributed by atoms with van der Waals surface area (Å²) >= 11 is 3.34. The molecule has 0 radical (unpaired) electrons. The van der Waals surface area contributed by atoms with Gasteiger partial charge in [0.25, 0.3) is 5.91 Å². The lowest BCUT2D eigenvalue weighted by molar-refractivity contribution is 0.0954. The average Bonchev–Trinajstić information content (AvgIpc) is 2.63. The summed E-state index contributed by atoms with van der Waals surface area (Å²) in [6, 6.07) is 12.7. The molecule has 0 saturated carbocycles. The van der Waals surface area contributed by atoms with Gasteiger partial charge in [-0.1, -0.05) is 25.5 Å². The number of hydrazone groups is 1. The van der Waals surface area contributed by atoms with Crippen molar-refractivity contribution in [1.29, 1.82) is 0 Å². The second-order valence-electron chi connectivity index (χ2n) is 5.29. The Morgan fingerprint density at radius 3 is 2.76 bits per heavy atom. The molecule has 0 unspecified atom stereocenters. The molecule has 5 nitrogen and oxygen atoms in total. The Hall–Kier alpha value is -2.34. The van der Waals surface area contributed by atoms with Crippen LogP contribution in [0.15, 0.2) is 52.0 Å². The standard InChI is InChI=1S/C19H21BrN2O3/c1-3-4-11-25-17-10-9-14(12-18(17)24-2)13-21-22-19(23)15-7-5-6-8-16(15)20/h5-10,12-13H,3-4,11H2,1-2H3,(H,22,23)/b21-13-. The number of rotatable bonds is 8. The van der Waals surface area contributed by atoms with Gasteiger partial charge in [0.05, 0.1) is 25.5 Å². The first-order valence-corrected chi connectivity index (χ1v) is 8.83. The van der Waals surface area contributed by atoms with Gasteiger partial charge in [-0.05, 0) is 58.2 Å². The second-order valence-corrected chi connectivity index (χ2v) is 6.15. The summed E-state index contributed by atoms with van der Waals surface area (Å²) in [5.41, 5.74) is 3.83. The molecule has 0 heterocycles. The third-order valence-corrected chi connectivity index (χ3v) is 4.13. The zero-order chi connectivity index (χ0) is 18.1. The van der Waals surface area contributed by atoms with Gasteiger partial charge in [-0.25, -0.2) is 5.43 Å².